The predicted octanol–water partition coefficient (Wildman–Crippen LogP) is -0.415. The zero-order chi connectivity index (χ0) is 36.2. The number of aliphatic carboxylic acids is 1. The van der Waals surface area contributed by atoms with Crippen molar-refractivity contribution in [3.8, 4) is 0 Å². The summed E-state index contributed by atoms with van der Waals surface area (Å²) in [5.41, 5.74) is -9.59. The minimum Gasteiger partial charge on any atom is -0.481 e. The molecule has 16 heteroatoms. The van der Waals surface area contributed by atoms with E-state index in [0.717, 1.165) is 14.0 Å². The second-order valence-electron chi connectivity index (χ2n) is 15.8. The number of carboxylic acid groups (broad SMARTS) is 1. The quantitative estimate of drug-likeness (QED) is 0.119. The van der Waals surface area contributed by atoms with Gasteiger partial charge in [-0.3, -0.25) is 9.59 Å². The van der Waals surface area contributed by atoms with Crippen LogP contribution < -0.4 is 0 Å². The topological polar surface area (TPSA) is 226 Å². The highest BCUT2D eigenvalue weighted by atomic mass is 16.7. The van der Waals surface area contributed by atoms with Crippen LogP contribution in [0.25, 0.3) is 0 Å². The molecule has 0 aromatic heterocycles. The zero-order valence-electron chi connectivity index (χ0n) is 28.7. The van der Waals surface area contributed by atoms with E-state index >= 15 is 0 Å². The summed E-state index contributed by atoms with van der Waals surface area (Å²) in [4.78, 5) is 53.5. The van der Waals surface area contributed by atoms with Gasteiger partial charge in [0.15, 0.2) is 6.29 Å². The summed E-state index contributed by atoms with van der Waals surface area (Å²) < 4.78 is 48.4. The minimum absolute atomic E-state index is 0.214. The first-order valence-corrected chi connectivity index (χ1v) is 17.1. The number of fused-ring (bicyclic) bond motifs is 7. The lowest BCUT2D eigenvalue weighted by molar-refractivity contribution is -0.316. The normalized spacial score (nSPS) is 55.3. The number of epoxide rings is 1. The van der Waals surface area contributed by atoms with E-state index in [1.165, 1.54) is 13.0 Å². The van der Waals surface area contributed by atoms with Gasteiger partial charge in [-0.15, -0.1) is 0 Å². The molecule has 5 heterocycles. The fraction of sp³-hybridized carbons (Fsp3) is 0.824. The van der Waals surface area contributed by atoms with E-state index in [1.807, 2.05) is 0 Å². The molecule has 5 saturated heterocycles. The fourth-order valence-electron chi connectivity index (χ4n) is 12.3. The van der Waals surface area contributed by atoms with Gasteiger partial charge in [-0.25, -0.2) is 9.59 Å². The third-order valence-corrected chi connectivity index (χ3v) is 14.3. The minimum atomic E-state index is -2.85. The van der Waals surface area contributed by atoms with E-state index in [9.17, 15) is 39.6 Å². The number of hydrogen-bond acceptors (Lipinski definition) is 15. The number of aliphatic hydroxyl groups excluding tert-OH is 1. The van der Waals surface area contributed by atoms with E-state index in [2.05, 4.69) is 0 Å². The molecule has 2 bridgehead atoms. The van der Waals surface area contributed by atoms with Crippen LogP contribution in [0, 0.1) is 34.0 Å². The van der Waals surface area contributed by atoms with Crippen molar-refractivity contribution in [3.63, 3.8) is 0 Å². The predicted molar refractivity (Wildman–Crippen MR) is 160 cm³/mol. The molecule has 8 fully saturated rings. The Balaban J connectivity index is 1.39. The van der Waals surface area contributed by atoms with Crippen molar-refractivity contribution in [3.05, 3.63) is 11.6 Å². The Labute approximate surface area is 287 Å². The number of ether oxygens (including phenoxy) is 8. The Morgan fingerprint density at radius 1 is 0.980 bits per heavy atom. The third kappa shape index (κ3) is 3.50. The average molecular weight is 709 g/mol. The monoisotopic (exact) mass is 708 g/mol. The van der Waals surface area contributed by atoms with Gasteiger partial charge in [-0.2, -0.15) is 0 Å². The molecule has 16 nitrogen and oxygen atoms in total. The molecule has 4 N–H and O–H groups in total. The maximum absolute atomic E-state index is 13.8. The average Bonchev–Trinajstić information content (AvgIpc) is 3.45. The lowest BCUT2D eigenvalue weighted by Gasteiger charge is -2.65. The largest absolute Gasteiger partial charge is 0.481 e. The number of allylic oxidation sites excluding steroid dienone is 1. The second kappa shape index (κ2) is 10.2. The summed E-state index contributed by atoms with van der Waals surface area (Å²) in [7, 11) is 1.05. The molecule has 16 atom stereocenters. The molecule has 0 radical (unpaired) electrons. The molecular formula is C34H44O16. The molecule has 8 aliphatic rings. The molecule has 50 heavy (non-hydrogen) atoms. The highest BCUT2D eigenvalue weighted by Gasteiger charge is 2.97. The van der Waals surface area contributed by atoms with Crippen molar-refractivity contribution in [1.29, 1.82) is 0 Å². The van der Waals surface area contributed by atoms with Crippen LogP contribution in [0.4, 0.5) is 0 Å². The number of carbonyl (C=O) groups excluding carboxylic acids is 3. The van der Waals surface area contributed by atoms with Gasteiger partial charge < -0.3 is 58.3 Å². The molecule has 0 aromatic rings. The summed E-state index contributed by atoms with van der Waals surface area (Å²) in [6.45, 7) is 6.87. The van der Waals surface area contributed by atoms with Crippen LogP contribution in [0.15, 0.2) is 11.6 Å². The van der Waals surface area contributed by atoms with Crippen molar-refractivity contribution in [2.75, 3.05) is 26.9 Å². The van der Waals surface area contributed by atoms with E-state index in [-0.39, 0.29) is 31.4 Å². The van der Waals surface area contributed by atoms with E-state index in [0.29, 0.717) is 0 Å². The van der Waals surface area contributed by atoms with E-state index in [1.54, 1.807) is 20.8 Å². The zero-order valence-corrected chi connectivity index (χ0v) is 28.7. The summed E-state index contributed by atoms with van der Waals surface area (Å²) in [6.07, 6.45) is -5.93. The number of carbonyl (C=O) groups is 4. The summed E-state index contributed by atoms with van der Waals surface area (Å²) >= 11 is 0. The first-order chi connectivity index (χ1) is 23.4. The number of hydrogen-bond donors (Lipinski definition) is 4. The Bertz CT molecular complexity index is 1600. The highest BCUT2D eigenvalue weighted by molar-refractivity contribution is 5.88. The molecule has 5 aliphatic heterocycles. The van der Waals surface area contributed by atoms with Crippen LogP contribution in [0.1, 0.15) is 53.9 Å². The molecule has 1 spiro atoms. The third-order valence-electron chi connectivity index (χ3n) is 14.3. The van der Waals surface area contributed by atoms with Crippen molar-refractivity contribution in [1.82, 2.24) is 0 Å². The van der Waals surface area contributed by atoms with Gasteiger partial charge in [0, 0.05) is 53.9 Å². The summed E-state index contributed by atoms with van der Waals surface area (Å²) in [6, 6.07) is 0. The molecule has 3 saturated carbocycles. The van der Waals surface area contributed by atoms with Gasteiger partial charge in [0.25, 0.3) is 5.79 Å². The maximum atomic E-state index is 13.8. The van der Waals surface area contributed by atoms with Gasteiger partial charge in [-0.05, 0) is 27.2 Å². The SMILES string of the molecule is C/C=C(\C)C(=O)O[C@H]1C[C@@H](OC(C)=O)[C@@]2(C(=O)O)CO[C@H]3[C@@H](O)[C@@](C)([C@]45O[C@@]4(C)[C@H]4C[C@@H]5O[C@@H]5OCC[C@@]54O)[C@H]4[C@]1(CO[C@]4(O)C(=O)OC)[C@@H]32. The fourth-order valence-corrected chi connectivity index (χ4v) is 12.3. The smallest absolute Gasteiger partial charge is 0.366 e. The van der Waals surface area contributed by atoms with Crippen LogP contribution in [0.2, 0.25) is 0 Å². The highest BCUT2D eigenvalue weighted by Crippen LogP contribution is 2.83. The molecule has 276 valence electrons. The summed E-state index contributed by atoms with van der Waals surface area (Å²) in [5, 5.41) is 48.4. The van der Waals surface area contributed by atoms with Crippen LogP contribution in [-0.2, 0) is 57.1 Å². The Hall–Kier alpha value is -2.70. The van der Waals surface area contributed by atoms with Crippen LogP contribution >= 0.6 is 0 Å². The van der Waals surface area contributed by atoms with Crippen LogP contribution in [0.5, 0.6) is 0 Å². The van der Waals surface area contributed by atoms with Gasteiger partial charge >= 0.3 is 23.9 Å². The van der Waals surface area contributed by atoms with Gasteiger partial charge in [-0.1, -0.05) is 13.0 Å². The first-order valence-electron chi connectivity index (χ1n) is 17.1. The van der Waals surface area contributed by atoms with Crippen molar-refractivity contribution in [2.24, 2.45) is 34.0 Å². The Morgan fingerprint density at radius 3 is 2.34 bits per heavy atom. The lowest BCUT2D eigenvalue weighted by atomic mass is 9.37. The Morgan fingerprint density at radius 2 is 1.70 bits per heavy atom. The molecule has 0 unspecified atom stereocenters. The lowest BCUT2D eigenvalue weighted by Crippen LogP contribution is -2.79. The van der Waals surface area contributed by atoms with E-state index < -0.39 is 130 Å². The van der Waals surface area contributed by atoms with Gasteiger partial charge in [0.2, 0.25) is 0 Å². The molecule has 0 amide bonds. The summed E-state index contributed by atoms with van der Waals surface area (Å²) in [5.74, 6) is -10.6. The number of esters is 3. The van der Waals surface area contributed by atoms with E-state index in [4.69, 9.17) is 37.9 Å². The second-order valence-corrected chi connectivity index (χ2v) is 15.8. The van der Waals surface area contributed by atoms with Crippen molar-refractivity contribution >= 4 is 23.9 Å². The van der Waals surface area contributed by atoms with Gasteiger partial charge in [0.1, 0.15) is 34.4 Å². The first kappa shape index (κ1) is 34.4. The molecular weight excluding hydrogens is 664 g/mol. The number of carboxylic acids is 1. The van der Waals surface area contributed by atoms with Crippen LogP contribution in [-0.4, -0.2) is 131 Å². The number of methoxy groups -OCH3 is 1. The number of aliphatic hydroxyl groups is 3. The van der Waals surface area contributed by atoms with Crippen molar-refractivity contribution in [2.45, 2.75) is 113 Å². The van der Waals surface area contributed by atoms with Crippen molar-refractivity contribution < 1.29 is 77.5 Å². The molecule has 0 aromatic carbocycles. The standard InChI is InChI=1S/C34H44O16/c1-7-14(2)23(37)48-17-11-18(47-15(3)35)31(25(38)39)12-45-20-21(31)30(17)13-46-33(42,26(40)43-6)24(30)28(4,22(20)36)34-19-10-16(29(34,5)50-34)32(41)8-9-44-27(32)49-19/h7,16-22,24,27,36,41-42H,8-13H2,1-6H3,(H,38,39)/b14-7+/t16-,17+,18-,19+,20-,21-,22-,24+,27+,28-,29+,30+,31+,32+,33+,34+/m1/s1. The number of rotatable bonds is 6. The van der Waals surface area contributed by atoms with Crippen LogP contribution in [0.3, 0.4) is 0 Å². The van der Waals surface area contributed by atoms with Gasteiger partial charge in [0.05, 0.1) is 45.2 Å². The maximum Gasteiger partial charge on any atom is 0.366 e. The Kier molecular flexibility index (Phi) is 7.05. The molecule has 8 rings (SSSR count). The molecule has 3 aliphatic carbocycles.